The minimum absolute atomic E-state index is 0.143. The van der Waals surface area contributed by atoms with Crippen molar-refractivity contribution in [2.45, 2.75) is 104 Å². The molecule has 2 aliphatic heterocycles. The fraction of sp³-hybridized carbons (Fsp3) is 1.00. The van der Waals surface area contributed by atoms with Crippen molar-refractivity contribution in [3.05, 3.63) is 0 Å². The number of fused-ring (bicyclic) bond motifs is 4. The van der Waals surface area contributed by atoms with Gasteiger partial charge in [0.15, 0.2) is 5.79 Å². The van der Waals surface area contributed by atoms with Crippen LogP contribution in [0.15, 0.2) is 0 Å². The third-order valence-corrected chi connectivity index (χ3v) is 14.6. The molecule has 0 aromatic carbocycles. The fourth-order valence-electron chi connectivity index (χ4n) is 12.0. The van der Waals surface area contributed by atoms with Crippen molar-refractivity contribution in [2.75, 3.05) is 26.1 Å². The maximum absolute atomic E-state index is 11.5. The zero-order valence-corrected chi connectivity index (χ0v) is 25.2. The van der Waals surface area contributed by atoms with E-state index in [1.54, 1.807) is 0 Å². The van der Waals surface area contributed by atoms with Crippen molar-refractivity contribution >= 4 is 10.1 Å². The van der Waals surface area contributed by atoms with Gasteiger partial charge in [-0.25, -0.2) is 0 Å². The highest BCUT2D eigenvalue weighted by Crippen LogP contribution is 2.85. The van der Waals surface area contributed by atoms with Gasteiger partial charge in [0, 0.05) is 11.8 Å². The number of epoxide rings is 1. The second kappa shape index (κ2) is 8.42. The largest absolute Gasteiger partial charge is 0.369 e. The van der Waals surface area contributed by atoms with E-state index < -0.39 is 10.1 Å². The van der Waals surface area contributed by atoms with Gasteiger partial charge in [0.25, 0.3) is 10.1 Å². The lowest BCUT2D eigenvalue weighted by Crippen LogP contribution is -2.62. The molecule has 38 heavy (non-hydrogen) atoms. The molecular weight excluding hydrogens is 500 g/mol. The molecule has 13 atom stereocenters. The first kappa shape index (κ1) is 26.7. The van der Waals surface area contributed by atoms with Crippen LogP contribution in [0.5, 0.6) is 0 Å². The average molecular weight is 551 g/mol. The molecule has 7 heteroatoms. The molecule has 0 amide bonds. The summed E-state index contributed by atoms with van der Waals surface area (Å²) in [5, 5.41) is 0. The molecule has 7 rings (SSSR count). The van der Waals surface area contributed by atoms with E-state index in [2.05, 4.69) is 34.6 Å². The minimum atomic E-state index is -3.41. The SMILES string of the molecule is CC(COS(C)(=O)=O)[C@H](C)C1OC1[C@@H](C)[C@H]1CC[C@H]2[C@@H]3CC4(OCCO4)[C@]45C[C@H]4CC[C@]5(C)[C@H]3CC[C@]12C. The highest BCUT2D eigenvalue weighted by molar-refractivity contribution is 7.85. The van der Waals surface area contributed by atoms with Crippen molar-refractivity contribution < 1.29 is 26.8 Å². The normalized spacial score (nSPS) is 52.5. The fourth-order valence-corrected chi connectivity index (χ4v) is 12.5. The highest BCUT2D eigenvalue weighted by Gasteiger charge is 2.84. The maximum Gasteiger partial charge on any atom is 0.264 e. The van der Waals surface area contributed by atoms with Crippen LogP contribution < -0.4 is 0 Å². The van der Waals surface area contributed by atoms with Crippen LogP contribution in [0.2, 0.25) is 0 Å². The number of hydrogen-bond acceptors (Lipinski definition) is 6. The summed E-state index contributed by atoms with van der Waals surface area (Å²) in [7, 11) is -3.41. The van der Waals surface area contributed by atoms with Gasteiger partial charge >= 0.3 is 0 Å². The predicted molar refractivity (Wildman–Crippen MR) is 145 cm³/mol. The Kier molecular flexibility index (Phi) is 5.91. The Labute approximate surface area is 230 Å². The molecule has 2 spiro atoms. The number of ether oxygens (including phenoxy) is 3. The lowest BCUT2D eigenvalue weighted by Gasteiger charge is -2.63. The van der Waals surface area contributed by atoms with Crippen LogP contribution in [0, 0.1) is 63.6 Å². The van der Waals surface area contributed by atoms with Gasteiger partial charge in [-0.1, -0.05) is 34.6 Å². The van der Waals surface area contributed by atoms with E-state index in [4.69, 9.17) is 18.4 Å². The van der Waals surface area contributed by atoms with Gasteiger partial charge in [0.1, 0.15) is 0 Å². The first-order valence-electron chi connectivity index (χ1n) is 15.6. The molecule has 7 fully saturated rings. The van der Waals surface area contributed by atoms with E-state index in [0.717, 1.165) is 43.6 Å². The molecule has 2 saturated heterocycles. The van der Waals surface area contributed by atoms with Gasteiger partial charge in [-0.15, -0.1) is 0 Å². The average Bonchev–Trinajstić information content (AvgIpc) is 3.69. The first-order valence-corrected chi connectivity index (χ1v) is 17.5. The predicted octanol–water partition coefficient (Wildman–Crippen LogP) is 5.65. The summed E-state index contributed by atoms with van der Waals surface area (Å²) in [5.74, 6) is 4.43. The van der Waals surface area contributed by atoms with Crippen molar-refractivity contribution in [3.63, 3.8) is 0 Å². The summed E-state index contributed by atoms with van der Waals surface area (Å²) >= 11 is 0. The molecule has 0 bridgehead atoms. The second-order valence-electron chi connectivity index (χ2n) is 15.3. The van der Waals surface area contributed by atoms with Crippen LogP contribution in [0.3, 0.4) is 0 Å². The van der Waals surface area contributed by atoms with E-state index >= 15 is 0 Å². The van der Waals surface area contributed by atoms with Crippen molar-refractivity contribution in [1.29, 1.82) is 0 Å². The third-order valence-electron chi connectivity index (χ3n) is 14.1. The molecular formula is C31H50O6S. The Bertz CT molecular complexity index is 1070. The van der Waals surface area contributed by atoms with Crippen LogP contribution in [0.4, 0.5) is 0 Å². The van der Waals surface area contributed by atoms with E-state index in [-0.39, 0.29) is 36.4 Å². The Morgan fingerprint density at radius 3 is 2.34 bits per heavy atom. The number of rotatable bonds is 7. The van der Waals surface area contributed by atoms with Crippen LogP contribution in [-0.4, -0.2) is 52.5 Å². The molecule has 0 aromatic heterocycles. The van der Waals surface area contributed by atoms with E-state index in [9.17, 15) is 8.42 Å². The summed E-state index contributed by atoms with van der Waals surface area (Å²) in [5.41, 5.74) is 1.02. The van der Waals surface area contributed by atoms with Crippen LogP contribution >= 0.6 is 0 Å². The summed E-state index contributed by atoms with van der Waals surface area (Å²) in [4.78, 5) is 0. The number of hydrogen-bond donors (Lipinski definition) is 0. The molecule has 7 aliphatic rings. The van der Waals surface area contributed by atoms with Crippen molar-refractivity contribution in [2.24, 2.45) is 63.6 Å². The van der Waals surface area contributed by atoms with Crippen LogP contribution in [0.25, 0.3) is 0 Å². The molecule has 0 aromatic rings. The van der Waals surface area contributed by atoms with E-state index in [0.29, 0.717) is 34.0 Å². The molecule has 0 radical (unpaired) electrons. The molecule has 216 valence electrons. The lowest BCUT2D eigenvalue weighted by molar-refractivity contribution is -0.294. The highest BCUT2D eigenvalue weighted by atomic mass is 32.2. The maximum atomic E-state index is 11.5. The van der Waals surface area contributed by atoms with Crippen molar-refractivity contribution in [3.8, 4) is 0 Å². The van der Waals surface area contributed by atoms with Crippen LogP contribution in [0.1, 0.15) is 86.0 Å². The van der Waals surface area contributed by atoms with Crippen LogP contribution in [-0.2, 0) is 28.5 Å². The van der Waals surface area contributed by atoms with E-state index in [1.807, 2.05) is 0 Å². The molecule has 0 N–H and O–H groups in total. The summed E-state index contributed by atoms with van der Waals surface area (Å²) in [6.45, 7) is 13.8. The summed E-state index contributed by atoms with van der Waals surface area (Å²) < 4.78 is 47.8. The Hall–Kier alpha value is -0.210. The standard InChI is InChI=1S/C31H50O6S/c1-18(17-36-38(6,32)33)19(2)26-27(37-26)20(3)23-7-8-24-22-16-31(34-13-14-35-31)30-15-21(30)9-12-29(30,5)25(22)10-11-28(23,24)4/h18-27H,7-17H2,1-6H3/t18?,19-,20-,21+,22-,23+,24-,25-,26?,27?,28+,29+,30+/m0/s1. The van der Waals surface area contributed by atoms with Gasteiger partial charge in [0.05, 0.1) is 38.3 Å². The molecule has 3 unspecified atom stereocenters. The molecule has 2 heterocycles. The Balaban J connectivity index is 1.08. The molecule has 5 saturated carbocycles. The van der Waals surface area contributed by atoms with E-state index in [1.165, 1.54) is 44.9 Å². The van der Waals surface area contributed by atoms with Gasteiger partial charge in [0.2, 0.25) is 0 Å². The van der Waals surface area contributed by atoms with Gasteiger partial charge in [-0.05, 0) is 103 Å². The Morgan fingerprint density at radius 2 is 1.66 bits per heavy atom. The third kappa shape index (κ3) is 3.47. The van der Waals surface area contributed by atoms with Crippen molar-refractivity contribution in [1.82, 2.24) is 0 Å². The summed E-state index contributed by atoms with van der Waals surface area (Å²) in [6.07, 6.45) is 12.2. The monoisotopic (exact) mass is 550 g/mol. The minimum Gasteiger partial charge on any atom is -0.369 e. The lowest BCUT2D eigenvalue weighted by atomic mass is 9.44. The van der Waals surface area contributed by atoms with Gasteiger partial charge in [-0.2, -0.15) is 8.42 Å². The summed E-state index contributed by atoms with van der Waals surface area (Å²) in [6, 6.07) is 0. The second-order valence-corrected chi connectivity index (χ2v) is 17.0. The zero-order valence-electron chi connectivity index (χ0n) is 24.4. The van der Waals surface area contributed by atoms with Gasteiger partial charge in [-0.3, -0.25) is 4.18 Å². The Morgan fingerprint density at radius 1 is 0.921 bits per heavy atom. The zero-order chi connectivity index (χ0) is 26.9. The molecule has 5 aliphatic carbocycles. The van der Waals surface area contributed by atoms with Gasteiger partial charge < -0.3 is 14.2 Å². The smallest absolute Gasteiger partial charge is 0.264 e. The first-order chi connectivity index (χ1) is 17.9. The molecule has 6 nitrogen and oxygen atoms in total. The quantitative estimate of drug-likeness (QED) is 0.301. The topological polar surface area (TPSA) is 74.4 Å².